The molecule has 1 N–H and O–H groups in total. The summed E-state index contributed by atoms with van der Waals surface area (Å²) >= 11 is 0. The first-order valence-electron chi connectivity index (χ1n) is 8.35. The zero-order valence-electron chi connectivity index (χ0n) is 15.1. The highest BCUT2D eigenvalue weighted by Crippen LogP contribution is 2.37. The Kier molecular flexibility index (Phi) is 4.53. The quantitative estimate of drug-likeness (QED) is 0.888. The number of aryl methyl sites for hydroxylation is 1. The third-order valence-electron chi connectivity index (χ3n) is 4.02. The van der Waals surface area contributed by atoms with Crippen LogP contribution < -0.4 is 14.8 Å². The number of allylic oxidation sites excluding steroid dienone is 1. The highest BCUT2D eigenvalue weighted by atomic mass is 16.5. The normalized spacial score (nSPS) is 14.8. The molecule has 25 heavy (non-hydrogen) atoms. The van der Waals surface area contributed by atoms with E-state index >= 15 is 0 Å². The Balaban J connectivity index is 1.63. The van der Waals surface area contributed by atoms with Gasteiger partial charge in [-0.1, -0.05) is 17.7 Å². The summed E-state index contributed by atoms with van der Waals surface area (Å²) in [7, 11) is 0. The van der Waals surface area contributed by atoms with Gasteiger partial charge in [0.2, 0.25) is 0 Å². The molecule has 2 aromatic carbocycles. The molecule has 0 spiro atoms. The monoisotopic (exact) mass is 337 g/mol. The van der Waals surface area contributed by atoms with E-state index in [2.05, 4.69) is 18.3 Å². The number of nitrogens with one attached hydrogen (secondary N) is 1. The third kappa shape index (κ3) is 4.21. The summed E-state index contributed by atoms with van der Waals surface area (Å²) in [5.74, 6) is 1.20. The second-order valence-corrected chi connectivity index (χ2v) is 6.89. The molecule has 3 rings (SSSR count). The van der Waals surface area contributed by atoms with Crippen LogP contribution in [0, 0.1) is 6.92 Å². The van der Waals surface area contributed by atoms with E-state index in [1.807, 2.05) is 63.2 Å². The Morgan fingerprint density at radius 2 is 1.84 bits per heavy atom. The first-order chi connectivity index (χ1) is 11.8. The molecule has 0 atom stereocenters. The number of hydrogen-bond donors (Lipinski definition) is 1. The number of carbonyl (C=O) groups is 1. The molecule has 1 aliphatic rings. The van der Waals surface area contributed by atoms with Gasteiger partial charge in [-0.15, -0.1) is 0 Å². The molecule has 1 amide bonds. The minimum absolute atomic E-state index is 0.0507. The number of fused-ring (bicyclic) bond motifs is 1. The van der Waals surface area contributed by atoms with Gasteiger partial charge in [-0.25, -0.2) is 0 Å². The number of carbonyl (C=O) groups excluding carboxylic acids is 1. The van der Waals surface area contributed by atoms with Crippen molar-refractivity contribution in [3.8, 4) is 11.5 Å². The van der Waals surface area contributed by atoms with Crippen LogP contribution in [0.25, 0.3) is 5.57 Å². The number of anilines is 1. The SMILES string of the molecule is CC1=CC(C)(C)Oc2cc(OCC(=O)Nc3ccc(C)cc3)ccc21. The zero-order valence-corrected chi connectivity index (χ0v) is 15.1. The van der Waals surface area contributed by atoms with Crippen molar-refractivity contribution >= 4 is 17.2 Å². The molecule has 4 nitrogen and oxygen atoms in total. The predicted molar refractivity (Wildman–Crippen MR) is 100 cm³/mol. The molecule has 0 unspecified atom stereocenters. The van der Waals surface area contributed by atoms with Crippen LogP contribution in [0.15, 0.2) is 48.5 Å². The molecule has 2 aromatic rings. The molecule has 0 saturated carbocycles. The van der Waals surface area contributed by atoms with Crippen LogP contribution >= 0.6 is 0 Å². The van der Waals surface area contributed by atoms with E-state index in [1.54, 1.807) is 0 Å². The van der Waals surface area contributed by atoms with E-state index in [-0.39, 0.29) is 18.1 Å². The summed E-state index contributed by atoms with van der Waals surface area (Å²) in [6.07, 6.45) is 2.10. The smallest absolute Gasteiger partial charge is 0.262 e. The van der Waals surface area contributed by atoms with Crippen molar-refractivity contribution < 1.29 is 14.3 Å². The fraction of sp³-hybridized carbons (Fsp3) is 0.286. The number of benzene rings is 2. The molecule has 1 heterocycles. The summed E-state index contributed by atoms with van der Waals surface area (Å²) < 4.78 is 11.6. The zero-order chi connectivity index (χ0) is 18.0. The second kappa shape index (κ2) is 6.63. The van der Waals surface area contributed by atoms with Gasteiger partial charge in [0.05, 0.1) is 0 Å². The Hall–Kier alpha value is -2.75. The molecular weight excluding hydrogens is 314 g/mol. The summed E-state index contributed by atoms with van der Waals surface area (Å²) in [6, 6.07) is 13.3. The van der Waals surface area contributed by atoms with Gasteiger partial charge in [0.15, 0.2) is 6.61 Å². The maximum absolute atomic E-state index is 12.0. The van der Waals surface area contributed by atoms with Gasteiger partial charge < -0.3 is 14.8 Å². The second-order valence-electron chi connectivity index (χ2n) is 6.89. The number of rotatable bonds is 4. The molecule has 1 aliphatic heterocycles. The molecule has 0 fully saturated rings. The van der Waals surface area contributed by atoms with E-state index in [0.29, 0.717) is 5.75 Å². The molecule has 0 bridgehead atoms. The van der Waals surface area contributed by atoms with Gasteiger partial charge in [-0.05, 0) is 63.6 Å². The topological polar surface area (TPSA) is 47.6 Å². The van der Waals surface area contributed by atoms with Crippen molar-refractivity contribution in [2.45, 2.75) is 33.3 Å². The van der Waals surface area contributed by atoms with Gasteiger partial charge in [-0.2, -0.15) is 0 Å². The molecule has 0 aliphatic carbocycles. The van der Waals surface area contributed by atoms with Crippen LogP contribution in [0.3, 0.4) is 0 Å². The summed E-state index contributed by atoms with van der Waals surface area (Å²) in [4.78, 5) is 12.0. The van der Waals surface area contributed by atoms with Crippen LogP contribution in [0.2, 0.25) is 0 Å². The molecule has 0 aromatic heterocycles. The fourth-order valence-electron chi connectivity index (χ4n) is 2.90. The van der Waals surface area contributed by atoms with E-state index < -0.39 is 0 Å². The Morgan fingerprint density at radius 3 is 2.56 bits per heavy atom. The molecule has 0 radical (unpaired) electrons. The first-order valence-corrected chi connectivity index (χ1v) is 8.35. The van der Waals surface area contributed by atoms with Crippen LogP contribution in [-0.2, 0) is 4.79 Å². The Labute approximate surface area is 148 Å². The van der Waals surface area contributed by atoms with E-state index in [9.17, 15) is 4.79 Å². The summed E-state index contributed by atoms with van der Waals surface area (Å²) in [5.41, 5.74) is 3.79. The standard InChI is InChI=1S/C21H23NO3/c1-14-5-7-16(8-6-14)22-20(23)13-24-17-9-10-18-15(2)12-21(3,4)25-19(18)11-17/h5-12H,13H2,1-4H3,(H,22,23). The number of amides is 1. The lowest BCUT2D eigenvalue weighted by molar-refractivity contribution is -0.118. The van der Waals surface area contributed by atoms with Crippen molar-refractivity contribution in [3.63, 3.8) is 0 Å². The van der Waals surface area contributed by atoms with E-state index in [4.69, 9.17) is 9.47 Å². The summed E-state index contributed by atoms with van der Waals surface area (Å²) in [6.45, 7) is 8.05. The van der Waals surface area contributed by atoms with Crippen molar-refractivity contribution in [2.24, 2.45) is 0 Å². The van der Waals surface area contributed by atoms with Crippen molar-refractivity contribution in [1.82, 2.24) is 0 Å². The molecule has 0 saturated heterocycles. The van der Waals surface area contributed by atoms with E-state index in [0.717, 1.165) is 22.6 Å². The average molecular weight is 337 g/mol. The Morgan fingerprint density at radius 1 is 1.12 bits per heavy atom. The minimum Gasteiger partial charge on any atom is -0.484 e. The summed E-state index contributed by atoms with van der Waals surface area (Å²) in [5, 5.41) is 2.82. The predicted octanol–water partition coefficient (Wildman–Crippen LogP) is 4.59. The van der Waals surface area contributed by atoms with Gasteiger partial charge in [0.1, 0.15) is 17.1 Å². The Bertz CT molecular complexity index is 820. The lowest BCUT2D eigenvalue weighted by Crippen LogP contribution is -2.28. The van der Waals surface area contributed by atoms with E-state index in [1.165, 1.54) is 5.57 Å². The third-order valence-corrected chi connectivity index (χ3v) is 4.02. The van der Waals surface area contributed by atoms with Gasteiger partial charge in [0, 0.05) is 17.3 Å². The lowest BCUT2D eigenvalue weighted by atomic mass is 9.96. The van der Waals surface area contributed by atoms with Crippen molar-refractivity contribution in [1.29, 1.82) is 0 Å². The van der Waals surface area contributed by atoms with Crippen molar-refractivity contribution in [2.75, 3.05) is 11.9 Å². The number of hydrogen-bond acceptors (Lipinski definition) is 3. The average Bonchev–Trinajstić information content (AvgIpc) is 2.53. The van der Waals surface area contributed by atoms with Gasteiger partial charge >= 0.3 is 0 Å². The first kappa shape index (κ1) is 17.1. The lowest BCUT2D eigenvalue weighted by Gasteiger charge is -2.30. The van der Waals surface area contributed by atoms with Crippen LogP contribution in [0.1, 0.15) is 31.9 Å². The highest BCUT2D eigenvalue weighted by molar-refractivity contribution is 5.91. The maximum Gasteiger partial charge on any atom is 0.262 e. The highest BCUT2D eigenvalue weighted by Gasteiger charge is 2.25. The maximum atomic E-state index is 12.0. The molecule has 4 heteroatoms. The van der Waals surface area contributed by atoms with Gasteiger partial charge in [-0.3, -0.25) is 4.79 Å². The van der Waals surface area contributed by atoms with Crippen LogP contribution in [0.4, 0.5) is 5.69 Å². The fourth-order valence-corrected chi connectivity index (χ4v) is 2.90. The van der Waals surface area contributed by atoms with Crippen LogP contribution in [0.5, 0.6) is 11.5 Å². The molecule has 130 valence electrons. The van der Waals surface area contributed by atoms with Gasteiger partial charge in [0.25, 0.3) is 5.91 Å². The molecular formula is C21H23NO3. The van der Waals surface area contributed by atoms with Crippen molar-refractivity contribution in [3.05, 3.63) is 59.7 Å². The van der Waals surface area contributed by atoms with Crippen LogP contribution in [-0.4, -0.2) is 18.1 Å². The number of ether oxygens (including phenoxy) is 2. The largest absolute Gasteiger partial charge is 0.484 e. The minimum atomic E-state index is -0.349.